The Balaban J connectivity index is 1.73. The van der Waals surface area contributed by atoms with Crippen molar-refractivity contribution in [3.05, 3.63) is 23.8 Å². The van der Waals surface area contributed by atoms with Crippen molar-refractivity contribution in [2.75, 3.05) is 25.0 Å². The van der Waals surface area contributed by atoms with Crippen LogP contribution in [0.1, 0.15) is 38.2 Å². The predicted molar refractivity (Wildman–Crippen MR) is 106 cm³/mol. The molecule has 2 fully saturated rings. The summed E-state index contributed by atoms with van der Waals surface area (Å²) in [5, 5.41) is 2.63. The lowest BCUT2D eigenvalue weighted by molar-refractivity contribution is -0.123. The number of carbonyl (C=O) groups excluding carboxylic acids is 2. The van der Waals surface area contributed by atoms with E-state index in [4.69, 9.17) is 5.73 Å². The van der Waals surface area contributed by atoms with E-state index < -0.39 is 10.0 Å². The van der Waals surface area contributed by atoms with Crippen LogP contribution in [-0.4, -0.2) is 61.2 Å². The van der Waals surface area contributed by atoms with Crippen LogP contribution < -0.4 is 11.1 Å². The molecule has 3 rings (SSSR count). The van der Waals surface area contributed by atoms with E-state index in [1.807, 2.05) is 0 Å². The molecule has 1 atom stereocenters. The van der Waals surface area contributed by atoms with Gasteiger partial charge in [-0.3, -0.25) is 14.5 Å². The standard InChI is InChI=1S/C19H28N4O4S/c1-13-5-6-15(21-14(2)24)12-18(13)28(26,27)22-10-7-16(8-11-22)23-9-3-4-17(23)19(20)25/h5-6,12,16-17H,3-4,7-11H2,1-2H3,(H2,20,25)(H,21,24). The second kappa shape index (κ2) is 8.18. The van der Waals surface area contributed by atoms with Gasteiger partial charge in [0.05, 0.1) is 10.9 Å². The largest absolute Gasteiger partial charge is 0.368 e. The third-order valence-electron chi connectivity index (χ3n) is 5.64. The molecular weight excluding hydrogens is 380 g/mol. The molecule has 0 spiro atoms. The summed E-state index contributed by atoms with van der Waals surface area (Å²) in [4.78, 5) is 25.3. The normalized spacial score (nSPS) is 22.3. The van der Waals surface area contributed by atoms with Crippen LogP contribution in [0, 0.1) is 6.92 Å². The van der Waals surface area contributed by atoms with Crippen molar-refractivity contribution in [1.82, 2.24) is 9.21 Å². The van der Waals surface area contributed by atoms with Gasteiger partial charge >= 0.3 is 0 Å². The van der Waals surface area contributed by atoms with Crippen molar-refractivity contribution in [1.29, 1.82) is 0 Å². The first kappa shape index (κ1) is 20.8. The summed E-state index contributed by atoms with van der Waals surface area (Å²) >= 11 is 0. The first-order valence-electron chi connectivity index (χ1n) is 9.63. The summed E-state index contributed by atoms with van der Waals surface area (Å²) in [5.41, 5.74) is 6.62. The monoisotopic (exact) mass is 408 g/mol. The number of primary amides is 1. The number of hydrogen-bond donors (Lipinski definition) is 2. The number of sulfonamides is 1. The summed E-state index contributed by atoms with van der Waals surface area (Å²) in [6, 6.07) is 4.86. The SMILES string of the molecule is CC(=O)Nc1ccc(C)c(S(=O)(=O)N2CCC(N3CCCC3C(N)=O)CC2)c1. The molecule has 0 aromatic heterocycles. The van der Waals surface area contributed by atoms with Gasteiger partial charge in [-0.1, -0.05) is 6.07 Å². The Bertz CT molecular complexity index is 863. The lowest BCUT2D eigenvalue weighted by Crippen LogP contribution is -2.51. The zero-order chi connectivity index (χ0) is 20.5. The molecular formula is C19H28N4O4S. The molecule has 0 bridgehead atoms. The van der Waals surface area contributed by atoms with Crippen LogP contribution in [-0.2, 0) is 19.6 Å². The van der Waals surface area contributed by atoms with Crippen molar-refractivity contribution < 1.29 is 18.0 Å². The number of nitrogens with two attached hydrogens (primary N) is 1. The van der Waals surface area contributed by atoms with Gasteiger partial charge in [-0.2, -0.15) is 4.31 Å². The van der Waals surface area contributed by atoms with E-state index in [1.54, 1.807) is 19.1 Å². The molecule has 2 heterocycles. The van der Waals surface area contributed by atoms with Gasteiger partial charge < -0.3 is 11.1 Å². The van der Waals surface area contributed by atoms with Crippen LogP contribution in [0.15, 0.2) is 23.1 Å². The van der Waals surface area contributed by atoms with E-state index in [9.17, 15) is 18.0 Å². The van der Waals surface area contributed by atoms with E-state index in [0.717, 1.165) is 19.4 Å². The molecule has 154 valence electrons. The molecule has 0 aliphatic carbocycles. The number of hydrogen-bond acceptors (Lipinski definition) is 5. The molecule has 1 aromatic carbocycles. The Morgan fingerprint density at radius 1 is 1.14 bits per heavy atom. The van der Waals surface area contributed by atoms with Crippen LogP contribution in [0.2, 0.25) is 0 Å². The zero-order valence-electron chi connectivity index (χ0n) is 16.3. The topological polar surface area (TPSA) is 113 Å². The van der Waals surface area contributed by atoms with Gasteiger partial charge in [0.1, 0.15) is 0 Å². The van der Waals surface area contributed by atoms with Gasteiger partial charge in [-0.25, -0.2) is 8.42 Å². The molecule has 8 nitrogen and oxygen atoms in total. The third-order valence-corrected chi connectivity index (χ3v) is 7.68. The minimum Gasteiger partial charge on any atom is -0.368 e. The Morgan fingerprint density at radius 2 is 1.82 bits per heavy atom. The highest BCUT2D eigenvalue weighted by molar-refractivity contribution is 7.89. The van der Waals surface area contributed by atoms with E-state index >= 15 is 0 Å². The molecule has 9 heteroatoms. The zero-order valence-corrected chi connectivity index (χ0v) is 17.2. The van der Waals surface area contributed by atoms with Crippen molar-refractivity contribution in [3.8, 4) is 0 Å². The summed E-state index contributed by atoms with van der Waals surface area (Å²) in [6.07, 6.45) is 3.07. The van der Waals surface area contributed by atoms with Crippen LogP contribution in [0.5, 0.6) is 0 Å². The Kier molecular flexibility index (Phi) is 6.07. The molecule has 2 aliphatic heterocycles. The van der Waals surface area contributed by atoms with Crippen molar-refractivity contribution in [3.63, 3.8) is 0 Å². The Morgan fingerprint density at radius 3 is 2.43 bits per heavy atom. The summed E-state index contributed by atoms with van der Waals surface area (Å²) in [6.45, 7) is 4.77. The van der Waals surface area contributed by atoms with E-state index in [2.05, 4.69) is 10.2 Å². The number of likely N-dealkylation sites (tertiary alicyclic amines) is 1. The molecule has 2 amide bonds. The first-order valence-corrected chi connectivity index (χ1v) is 11.1. The average Bonchev–Trinajstić information content (AvgIpc) is 3.13. The predicted octanol–water partition coefficient (Wildman–Crippen LogP) is 1.06. The Hall–Kier alpha value is -1.97. The number of rotatable bonds is 5. The third kappa shape index (κ3) is 4.21. The van der Waals surface area contributed by atoms with Gasteiger partial charge in [0.2, 0.25) is 21.8 Å². The highest BCUT2D eigenvalue weighted by Crippen LogP contribution is 2.30. The molecule has 1 aromatic rings. The number of anilines is 1. The highest BCUT2D eigenvalue weighted by atomic mass is 32.2. The van der Waals surface area contributed by atoms with Crippen molar-refractivity contribution in [2.24, 2.45) is 5.73 Å². The van der Waals surface area contributed by atoms with Crippen LogP contribution in [0.3, 0.4) is 0 Å². The fourth-order valence-corrected chi connectivity index (χ4v) is 5.96. The highest BCUT2D eigenvalue weighted by Gasteiger charge is 2.38. The fraction of sp³-hybridized carbons (Fsp3) is 0.579. The number of carbonyl (C=O) groups is 2. The van der Waals surface area contributed by atoms with Crippen LogP contribution >= 0.6 is 0 Å². The maximum absolute atomic E-state index is 13.2. The van der Waals surface area contributed by atoms with Gasteiger partial charge in [-0.15, -0.1) is 0 Å². The van der Waals surface area contributed by atoms with Gasteiger partial charge in [-0.05, 0) is 56.8 Å². The van der Waals surface area contributed by atoms with Crippen molar-refractivity contribution in [2.45, 2.75) is 56.5 Å². The number of nitrogens with one attached hydrogen (secondary N) is 1. The lowest BCUT2D eigenvalue weighted by Gasteiger charge is -2.38. The number of amides is 2. The number of aryl methyl sites for hydroxylation is 1. The maximum Gasteiger partial charge on any atom is 0.243 e. The molecule has 28 heavy (non-hydrogen) atoms. The van der Waals surface area contributed by atoms with Crippen molar-refractivity contribution >= 4 is 27.5 Å². The molecule has 2 aliphatic rings. The minimum atomic E-state index is -3.66. The maximum atomic E-state index is 13.2. The van der Waals surface area contributed by atoms with E-state index in [1.165, 1.54) is 17.3 Å². The molecule has 0 radical (unpaired) electrons. The van der Waals surface area contributed by atoms with E-state index in [-0.39, 0.29) is 28.8 Å². The Labute approximate surface area is 166 Å². The fourth-order valence-electron chi connectivity index (χ4n) is 4.24. The molecule has 1 unspecified atom stereocenters. The van der Waals surface area contributed by atoms with Gasteiger partial charge in [0.25, 0.3) is 0 Å². The number of piperidine rings is 1. The quantitative estimate of drug-likeness (QED) is 0.756. The number of benzene rings is 1. The summed E-state index contributed by atoms with van der Waals surface area (Å²) < 4.78 is 27.8. The molecule has 2 saturated heterocycles. The lowest BCUT2D eigenvalue weighted by atomic mass is 10.0. The summed E-state index contributed by atoms with van der Waals surface area (Å²) in [5.74, 6) is -0.541. The van der Waals surface area contributed by atoms with Crippen LogP contribution in [0.25, 0.3) is 0 Å². The van der Waals surface area contributed by atoms with Crippen LogP contribution in [0.4, 0.5) is 5.69 Å². The first-order chi connectivity index (χ1) is 13.2. The second-order valence-corrected chi connectivity index (χ2v) is 9.50. The second-order valence-electron chi connectivity index (χ2n) is 7.59. The average molecular weight is 409 g/mol. The smallest absolute Gasteiger partial charge is 0.243 e. The van der Waals surface area contributed by atoms with Gasteiger partial charge in [0, 0.05) is 31.7 Å². The molecule has 3 N–H and O–H groups in total. The number of nitrogens with zero attached hydrogens (tertiary/aromatic N) is 2. The minimum absolute atomic E-state index is 0.179. The van der Waals surface area contributed by atoms with Gasteiger partial charge in [0.15, 0.2) is 0 Å². The summed E-state index contributed by atoms with van der Waals surface area (Å²) in [7, 11) is -3.66. The molecule has 0 saturated carbocycles. The van der Waals surface area contributed by atoms with E-state index in [0.29, 0.717) is 37.2 Å².